The molecule has 0 saturated carbocycles. The van der Waals surface area contributed by atoms with Crippen LogP contribution in [0.5, 0.6) is 0 Å². The minimum Gasteiger partial charge on any atom is -0.478 e. The molecule has 106 valence electrons. The number of rotatable bonds is 9. The number of aryl methyl sites for hydroxylation is 1. The van der Waals surface area contributed by atoms with Gasteiger partial charge in [-0.25, -0.2) is 4.79 Å². The van der Waals surface area contributed by atoms with Gasteiger partial charge in [0.1, 0.15) is 5.91 Å². The number of aromatic carboxylic acids is 1. The van der Waals surface area contributed by atoms with E-state index in [-0.39, 0.29) is 5.91 Å². The molecule has 0 unspecified atom stereocenters. The molecule has 1 aromatic carbocycles. The van der Waals surface area contributed by atoms with Gasteiger partial charge in [-0.15, -0.1) is 0 Å². The van der Waals surface area contributed by atoms with Gasteiger partial charge in [0.2, 0.25) is 0 Å². The van der Waals surface area contributed by atoms with Crippen LogP contribution >= 0.6 is 0 Å². The first-order chi connectivity index (χ1) is 9.17. The highest BCUT2D eigenvalue weighted by molar-refractivity contribution is 6.36. The lowest BCUT2D eigenvalue weighted by atomic mass is 10.1. The van der Waals surface area contributed by atoms with Crippen LogP contribution in [-0.4, -0.2) is 39.7 Å². The molecule has 19 heavy (non-hydrogen) atoms. The summed E-state index contributed by atoms with van der Waals surface area (Å²) >= 11 is 0. The van der Waals surface area contributed by atoms with E-state index in [1.54, 1.807) is 12.1 Å². The molecule has 0 aromatic heterocycles. The minimum absolute atomic E-state index is 0.00768. The van der Waals surface area contributed by atoms with Gasteiger partial charge < -0.3 is 14.6 Å². The Balaban J connectivity index is 2.37. The van der Waals surface area contributed by atoms with Crippen molar-refractivity contribution >= 4 is 15.5 Å². The predicted molar refractivity (Wildman–Crippen MR) is 77.5 cm³/mol. The van der Waals surface area contributed by atoms with Crippen LogP contribution in [0.1, 0.15) is 29.8 Å². The number of carboxylic acid groups (broad SMARTS) is 1. The van der Waals surface area contributed by atoms with E-state index in [9.17, 15) is 4.79 Å². The first-order valence-corrected chi connectivity index (χ1v) is 8.54. The molecule has 1 aromatic rings. The van der Waals surface area contributed by atoms with Gasteiger partial charge in [0.25, 0.3) is 0 Å². The van der Waals surface area contributed by atoms with Crippen molar-refractivity contribution in [2.24, 2.45) is 0 Å². The summed E-state index contributed by atoms with van der Waals surface area (Å²) in [4.78, 5) is 10.7. The summed E-state index contributed by atoms with van der Waals surface area (Å²) in [6, 6.07) is 8.17. The summed E-state index contributed by atoms with van der Waals surface area (Å²) in [7, 11) is -0.427. The second-order valence-corrected chi connectivity index (χ2v) is 6.19. The largest absolute Gasteiger partial charge is 0.478 e. The van der Waals surface area contributed by atoms with Crippen LogP contribution in [-0.2, 0) is 15.9 Å². The van der Waals surface area contributed by atoms with Crippen molar-refractivity contribution in [2.75, 3.05) is 13.2 Å². The molecule has 0 saturated heterocycles. The molecule has 4 nitrogen and oxygen atoms in total. The molecule has 0 fully saturated rings. The van der Waals surface area contributed by atoms with Gasteiger partial charge in [-0.1, -0.05) is 18.2 Å². The molecule has 0 aliphatic rings. The maximum Gasteiger partial charge on any atom is 0.335 e. The molecular weight excluding hydrogens is 260 g/mol. The molecule has 0 radical (unpaired) electrons. The van der Waals surface area contributed by atoms with Crippen molar-refractivity contribution in [1.82, 2.24) is 0 Å². The fourth-order valence-corrected chi connectivity index (χ4v) is 3.62. The van der Waals surface area contributed by atoms with Crippen LogP contribution in [0, 0.1) is 0 Å². The second kappa shape index (κ2) is 8.85. The lowest BCUT2D eigenvalue weighted by Crippen LogP contribution is -2.24. The Morgan fingerprint density at radius 1 is 1.21 bits per heavy atom. The number of hydrogen-bond acceptors (Lipinski definition) is 3. The smallest absolute Gasteiger partial charge is 0.335 e. The van der Waals surface area contributed by atoms with E-state index in [0.717, 1.165) is 12.5 Å². The highest BCUT2D eigenvalue weighted by atomic mass is 28.2. The van der Waals surface area contributed by atoms with Crippen LogP contribution in [0.15, 0.2) is 24.3 Å². The average molecular weight is 282 g/mol. The third kappa shape index (κ3) is 6.00. The van der Waals surface area contributed by atoms with E-state index in [0.29, 0.717) is 18.8 Å². The Bertz CT molecular complexity index is 372. The molecule has 0 aliphatic carbocycles. The fraction of sp³-hybridized carbons (Fsp3) is 0.500. The number of carbonyl (C=O) groups is 1. The van der Waals surface area contributed by atoms with Crippen LogP contribution < -0.4 is 0 Å². The van der Waals surface area contributed by atoms with Crippen molar-refractivity contribution in [1.29, 1.82) is 0 Å². The Labute approximate surface area is 116 Å². The zero-order valence-electron chi connectivity index (χ0n) is 11.6. The van der Waals surface area contributed by atoms with Crippen molar-refractivity contribution in [3.05, 3.63) is 35.4 Å². The number of benzene rings is 1. The molecule has 0 amide bonds. The number of hydrogen-bond donors (Lipinski definition) is 1. The summed E-state index contributed by atoms with van der Waals surface area (Å²) in [6.45, 7) is 5.33. The average Bonchev–Trinajstić information content (AvgIpc) is 2.40. The van der Waals surface area contributed by atoms with E-state index in [4.69, 9.17) is 14.6 Å². The first kappa shape index (κ1) is 15.9. The van der Waals surface area contributed by atoms with Gasteiger partial charge in [-0.05, 0) is 38.0 Å². The zero-order chi connectivity index (χ0) is 14.1. The summed E-state index contributed by atoms with van der Waals surface area (Å²) in [5, 5.41) is 8.82. The van der Waals surface area contributed by atoms with Gasteiger partial charge in [0.15, 0.2) is 0 Å². The third-order valence-electron chi connectivity index (χ3n) is 2.81. The van der Waals surface area contributed by atoms with Crippen molar-refractivity contribution < 1.29 is 19.4 Å². The monoisotopic (exact) mass is 282 g/mol. The Morgan fingerprint density at radius 3 is 2.26 bits per heavy atom. The van der Waals surface area contributed by atoms with E-state index < -0.39 is 15.5 Å². The molecule has 0 aliphatic heterocycles. The van der Waals surface area contributed by atoms with Crippen LogP contribution in [0.25, 0.3) is 0 Å². The predicted octanol–water partition coefficient (Wildman–Crippen LogP) is 1.87. The van der Waals surface area contributed by atoms with Gasteiger partial charge in [0.05, 0.1) is 15.1 Å². The van der Waals surface area contributed by atoms with Crippen LogP contribution in [0.3, 0.4) is 0 Å². The van der Waals surface area contributed by atoms with Gasteiger partial charge in [-0.2, -0.15) is 0 Å². The Kier molecular flexibility index (Phi) is 7.40. The number of ether oxygens (including phenoxy) is 2. The highest BCUT2D eigenvalue weighted by Crippen LogP contribution is 2.08. The van der Waals surface area contributed by atoms with E-state index in [1.165, 1.54) is 5.56 Å². The SMILES string of the molecule is CCOC(OCC)[SiH2]CCc1ccc(C(=O)O)cc1. The molecule has 0 atom stereocenters. The van der Waals surface area contributed by atoms with E-state index in [1.807, 2.05) is 26.0 Å². The quantitative estimate of drug-likeness (QED) is 0.555. The zero-order valence-corrected chi connectivity index (χ0v) is 13.0. The first-order valence-electron chi connectivity index (χ1n) is 6.72. The topological polar surface area (TPSA) is 55.8 Å². The molecular formula is C14H22O4Si. The standard InChI is InChI=1S/C14H22O4Si/c1-3-17-14(18-4-2)19-10-9-11-5-7-12(8-6-11)13(15)16/h5-8,14H,3-4,9-10,19H2,1-2H3,(H,15,16). The highest BCUT2D eigenvalue weighted by Gasteiger charge is 2.08. The summed E-state index contributed by atoms with van der Waals surface area (Å²) in [5.74, 6) is -0.873. The van der Waals surface area contributed by atoms with Crippen molar-refractivity contribution in [3.63, 3.8) is 0 Å². The van der Waals surface area contributed by atoms with E-state index >= 15 is 0 Å². The molecule has 5 heteroatoms. The normalized spacial score (nSPS) is 11.5. The summed E-state index contributed by atoms with van der Waals surface area (Å²) in [6.07, 6.45) is 0.961. The Morgan fingerprint density at radius 2 is 1.79 bits per heavy atom. The summed E-state index contributed by atoms with van der Waals surface area (Å²) < 4.78 is 11.1. The molecule has 0 spiro atoms. The molecule has 0 heterocycles. The van der Waals surface area contributed by atoms with Crippen molar-refractivity contribution in [2.45, 2.75) is 32.2 Å². The minimum atomic E-state index is -0.881. The fourth-order valence-electron chi connectivity index (χ4n) is 1.87. The maximum absolute atomic E-state index is 10.7. The summed E-state index contributed by atoms with van der Waals surface area (Å²) in [5.41, 5.74) is 1.51. The van der Waals surface area contributed by atoms with Gasteiger partial charge in [-0.3, -0.25) is 0 Å². The molecule has 0 bridgehead atoms. The number of carboxylic acids is 1. The lowest BCUT2D eigenvalue weighted by molar-refractivity contribution is -0.0827. The van der Waals surface area contributed by atoms with Gasteiger partial charge in [0, 0.05) is 13.2 Å². The molecule has 1 N–H and O–H groups in total. The van der Waals surface area contributed by atoms with Crippen molar-refractivity contribution in [3.8, 4) is 0 Å². The Hall–Kier alpha value is -1.17. The van der Waals surface area contributed by atoms with Gasteiger partial charge >= 0.3 is 5.97 Å². The third-order valence-corrected chi connectivity index (χ3v) is 4.52. The van der Waals surface area contributed by atoms with Crippen LogP contribution in [0.4, 0.5) is 0 Å². The van der Waals surface area contributed by atoms with Crippen LogP contribution in [0.2, 0.25) is 6.04 Å². The second-order valence-electron chi connectivity index (χ2n) is 4.23. The van der Waals surface area contributed by atoms with E-state index in [2.05, 4.69) is 0 Å². The maximum atomic E-state index is 10.7. The molecule has 1 rings (SSSR count). The lowest BCUT2D eigenvalue weighted by Gasteiger charge is -2.16.